The minimum atomic E-state index is 1.21. The van der Waals surface area contributed by atoms with Crippen molar-refractivity contribution in [3.8, 4) is 77.9 Å². The van der Waals surface area contributed by atoms with Gasteiger partial charge in [-0.1, -0.05) is 179 Å². The van der Waals surface area contributed by atoms with E-state index in [1.807, 2.05) is 0 Å². The summed E-state index contributed by atoms with van der Waals surface area (Å²) in [6.07, 6.45) is 0. The molecule has 352 valence electrons. The third kappa shape index (κ3) is 8.41. The van der Waals surface area contributed by atoms with Crippen LogP contribution in [0.1, 0.15) is 50.1 Å². The van der Waals surface area contributed by atoms with Crippen molar-refractivity contribution in [3.63, 3.8) is 0 Å². The Morgan fingerprint density at radius 2 is 0.507 bits per heavy atom. The summed E-state index contributed by atoms with van der Waals surface area (Å²) >= 11 is 0. The number of rotatable bonds is 7. The molecule has 0 radical (unpaired) electrons. The standard InChI is InChI=1S/C73H60/c1-43-10-19-52(20-11-43)58-35-59(53-21-12-44(2)13-22-53)38-62(37-58)56-27-28-57-42-71(64-29-18-47(5)30-66(64)65(57)41-56)73-69-33-50(8)48(6)31-67(69)72(68-32-49(7)51(9)34-70(68)73)63-39-60(54-23-14-45(3)15-24-54)36-61(40-63)55-25-16-46(4)17-26-55/h10-42H,1-9H3. The van der Waals surface area contributed by atoms with Crippen molar-refractivity contribution >= 4 is 43.1 Å². The first kappa shape index (κ1) is 45.8. The molecule has 0 aliphatic heterocycles. The molecule has 0 fully saturated rings. The Hall–Kier alpha value is -8.32. The average molecular weight is 937 g/mol. The minimum Gasteiger partial charge on any atom is -0.0587 e. The van der Waals surface area contributed by atoms with E-state index in [4.69, 9.17) is 0 Å². The molecule has 0 amide bonds. The fourth-order valence-corrected chi connectivity index (χ4v) is 11.2. The van der Waals surface area contributed by atoms with Gasteiger partial charge in [0.05, 0.1) is 0 Å². The van der Waals surface area contributed by atoms with Gasteiger partial charge in [-0.15, -0.1) is 0 Å². The van der Waals surface area contributed by atoms with Crippen molar-refractivity contribution in [3.05, 3.63) is 250 Å². The molecule has 0 bridgehead atoms. The van der Waals surface area contributed by atoms with Crippen LogP contribution in [-0.4, -0.2) is 0 Å². The molecule has 0 atom stereocenters. The summed E-state index contributed by atoms with van der Waals surface area (Å²) in [7, 11) is 0. The minimum absolute atomic E-state index is 1.21. The zero-order chi connectivity index (χ0) is 50.2. The van der Waals surface area contributed by atoms with Crippen molar-refractivity contribution < 1.29 is 0 Å². The maximum atomic E-state index is 2.49. The zero-order valence-corrected chi connectivity index (χ0v) is 43.6. The van der Waals surface area contributed by atoms with Gasteiger partial charge in [-0.05, 0) is 254 Å². The summed E-state index contributed by atoms with van der Waals surface area (Å²) in [6.45, 7) is 20.0. The lowest BCUT2D eigenvalue weighted by molar-refractivity contribution is 1.36. The first-order valence-corrected chi connectivity index (χ1v) is 25.9. The monoisotopic (exact) mass is 936 g/mol. The summed E-state index contributed by atoms with van der Waals surface area (Å²) in [4.78, 5) is 0. The van der Waals surface area contributed by atoms with Crippen LogP contribution in [0.3, 0.4) is 0 Å². The predicted molar refractivity (Wildman–Crippen MR) is 317 cm³/mol. The van der Waals surface area contributed by atoms with E-state index in [1.54, 1.807) is 0 Å². The maximum absolute atomic E-state index is 2.49. The fourth-order valence-electron chi connectivity index (χ4n) is 11.2. The number of hydrogen-bond donors (Lipinski definition) is 0. The second kappa shape index (κ2) is 18.1. The Balaban J connectivity index is 1.12. The Bertz CT molecular complexity index is 3970. The average Bonchev–Trinajstić information content (AvgIpc) is 3.39. The van der Waals surface area contributed by atoms with E-state index in [2.05, 4.69) is 263 Å². The predicted octanol–water partition coefficient (Wildman–Crippen LogP) is 20.7. The lowest BCUT2D eigenvalue weighted by Gasteiger charge is -2.23. The van der Waals surface area contributed by atoms with Crippen molar-refractivity contribution in [1.29, 1.82) is 0 Å². The molecular formula is C73H60. The Morgan fingerprint density at radius 1 is 0.178 bits per heavy atom. The van der Waals surface area contributed by atoms with E-state index in [-0.39, 0.29) is 0 Å². The molecule has 0 aliphatic rings. The molecule has 0 saturated heterocycles. The van der Waals surface area contributed by atoms with Crippen LogP contribution in [0.4, 0.5) is 0 Å². The van der Waals surface area contributed by atoms with Gasteiger partial charge in [0.25, 0.3) is 0 Å². The Labute approximate surface area is 431 Å². The maximum Gasteiger partial charge on any atom is -0.00197 e. The molecule has 12 rings (SSSR count). The molecule has 0 spiro atoms. The third-order valence-corrected chi connectivity index (χ3v) is 15.8. The van der Waals surface area contributed by atoms with Crippen LogP contribution in [-0.2, 0) is 0 Å². The highest BCUT2D eigenvalue weighted by Crippen LogP contribution is 2.49. The zero-order valence-electron chi connectivity index (χ0n) is 43.6. The molecule has 0 N–H and O–H groups in total. The van der Waals surface area contributed by atoms with Crippen molar-refractivity contribution in [1.82, 2.24) is 0 Å². The van der Waals surface area contributed by atoms with E-state index in [0.29, 0.717) is 0 Å². The normalized spacial score (nSPS) is 11.6. The second-order valence-electron chi connectivity index (χ2n) is 21.2. The number of benzene rings is 12. The van der Waals surface area contributed by atoms with Gasteiger partial charge in [-0.2, -0.15) is 0 Å². The number of hydrogen-bond acceptors (Lipinski definition) is 0. The number of fused-ring (bicyclic) bond motifs is 5. The third-order valence-electron chi connectivity index (χ3n) is 15.8. The Morgan fingerprint density at radius 3 is 0.904 bits per heavy atom. The van der Waals surface area contributed by atoms with Crippen LogP contribution >= 0.6 is 0 Å². The number of aryl methyl sites for hydroxylation is 9. The van der Waals surface area contributed by atoms with Crippen LogP contribution in [0, 0.1) is 62.3 Å². The summed E-state index contributed by atoms with van der Waals surface area (Å²) < 4.78 is 0. The van der Waals surface area contributed by atoms with Crippen molar-refractivity contribution in [2.45, 2.75) is 62.3 Å². The van der Waals surface area contributed by atoms with Gasteiger partial charge >= 0.3 is 0 Å². The molecule has 12 aromatic rings. The summed E-state index contributed by atoms with van der Waals surface area (Å²) in [6, 6.07) is 76.9. The van der Waals surface area contributed by atoms with Gasteiger partial charge in [0.15, 0.2) is 0 Å². The van der Waals surface area contributed by atoms with Gasteiger partial charge in [-0.3, -0.25) is 0 Å². The SMILES string of the molecule is Cc1ccc(-c2cc(-c3ccc(C)cc3)cc(-c3ccc4cc(-c5c6cc(C)c(C)cc6c(-c6cc(-c7ccc(C)cc7)cc(-c7ccc(C)cc7)c6)c6cc(C)c(C)cc56)c5ccc(C)cc5c4c3)c2)cc1. The molecular weight excluding hydrogens is 877 g/mol. The highest BCUT2D eigenvalue weighted by Gasteiger charge is 2.23. The van der Waals surface area contributed by atoms with Gasteiger partial charge in [-0.25, -0.2) is 0 Å². The Kier molecular flexibility index (Phi) is 11.3. The van der Waals surface area contributed by atoms with E-state index in [0.717, 1.165) is 0 Å². The molecule has 0 heterocycles. The van der Waals surface area contributed by atoms with Crippen LogP contribution < -0.4 is 0 Å². The molecule has 0 aromatic heterocycles. The van der Waals surface area contributed by atoms with Gasteiger partial charge < -0.3 is 0 Å². The molecule has 0 unspecified atom stereocenters. The van der Waals surface area contributed by atoms with E-state index >= 15 is 0 Å². The summed E-state index contributed by atoms with van der Waals surface area (Å²) in [5.41, 5.74) is 28.7. The molecule has 73 heavy (non-hydrogen) atoms. The van der Waals surface area contributed by atoms with Crippen LogP contribution in [0.5, 0.6) is 0 Å². The van der Waals surface area contributed by atoms with Crippen molar-refractivity contribution in [2.75, 3.05) is 0 Å². The van der Waals surface area contributed by atoms with Gasteiger partial charge in [0.1, 0.15) is 0 Å². The lowest BCUT2D eigenvalue weighted by Crippen LogP contribution is -1.96. The van der Waals surface area contributed by atoms with Gasteiger partial charge in [0, 0.05) is 0 Å². The van der Waals surface area contributed by atoms with Crippen LogP contribution in [0.15, 0.2) is 200 Å². The lowest BCUT2D eigenvalue weighted by atomic mass is 9.80. The first-order chi connectivity index (χ1) is 35.3. The second-order valence-corrected chi connectivity index (χ2v) is 21.2. The van der Waals surface area contributed by atoms with Gasteiger partial charge in [0.2, 0.25) is 0 Å². The van der Waals surface area contributed by atoms with Crippen molar-refractivity contribution in [2.24, 2.45) is 0 Å². The van der Waals surface area contributed by atoms with Crippen LogP contribution in [0.25, 0.3) is 121 Å². The highest BCUT2D eigenvalue weighted by atomic mass is 14.3. The molecule has 0 heteroatoms. The highest BCUT2D eigenvalue weighted by molar-refractivity contribution is 6.26. The van der Waals surface area contributed by atoms with Crippen LogP contribution in [0.2, 0.25) is 0 Å². The van der Waals surface area contributed by atoms with E-state index in [1.165, 1.54) is 171 Å². The van der Waals surface area contributed by atoms with E-state index in [9.17, 15) is 0 Å². The molecule has 0 aliphatic carbocycles. The largest absolute Gasteiger partial charge is 0.0587 e. The topological polar surface area (TPSA) is 0 Å². The quantitative estimate of drug-likeness (QED) is 0.110. The fraction of sp³-hybridized carbons (Fsp3) is 0.123. The molecule has 0 nitrogen and oxygen atoms in total. The molecule has 0 saturated carbocycles. The summed E-state index contributed by atoms with van der Waals surface area (Å²) in [5, 5.41) is 10.1. The first-order valence-electron chi connectivity index (χ1n) is 25.9. The molecule has 12 aromatic carbocycles. The van der Waals surface area contributed by atoms with E-state index < -0.39 is 0 Å². The summed E-state index contributed by atoms with van der Waals surface area (Å²) in [5.74, 6) is 0. The smallest absolute Gasteiger partial charge is 0.00197 e.